The summed E-state index contributed by atoms with van der Waals surface area (Å²) < 4.78 is 10.6. The fourth-order valence-electron chi connectivity index (χ4n) is 2.69. The lowest BCUT2D eigenvalue weighted by Crippen LogP contribution is -2.09. The van der Waals surface area contributed by atoms with Gasteiger partial charge in [0.05, 0.1) is 19.9 Å². The number of halogens is 1. The highest BCUT2D eigenvalue weighted by molar-refractivity contribution is 6.31. The van der Waals surface area contributed by atoms with E-state index in [0.717, 1.165) is 30.0 Å². The van der Waals surface area contributed by atoms with Gasteiger partial charge in [0.25, 0.3) is 0 Å². The molecule has 0 spiro atoms. The van der Waals surface area contributed by atoms with E-state index in [0.29, 0.717) is 22.5 Å². The summed E-state index contributed by atoms with van der Waals surface area (Å²) in [4.78, 5) is 8.79. The van der Waals surface area contributed by atoms with E-state index in [9.17, 15) is 0 Å². The Morgan fingerprint density at radius 2 is 1.82 bits per heavy atom. The summed E-state index contributed by atoms with van der Waals surface area (Å²) >= 11 is 6.17. The number of ether oxygens (including phenoxy) is 2. The average molecular weight is 399 g/mol. The van der Waals surface area contributed by atoms with E-state index in [2.05, 4.69) is 32.7 Å². The van der Waals surface area contributed by atoms with E-state index in [1.807, 2.05) is 25.1 Å². The third-order valence-electron chi connectivity index (χ3n) is 4.25. The van der Waals surface area contributed by atoms with Crippen LogP contribution in [0.4, 0.5) is 17.5 Å². The van der Waals surface area contributed by atoms with E-state index in [4.69, 9.17) is 21.1 Å². The molecule has 1 heterocycles. The Balaban J connectivity index is 1.63. The van der Waals surface area contributed by atoms with Gasteiger partial charge in [-0.25, -0.2) is 4.98 Å². The number of aryl methyl sites for hydroxylation is 1. The summed E-state index contributed by atoms with van der Waals surface area (Å²) in [5, 5.41) is 7.17. The molecule has 0 fully saturated rings. The van der Waals surface area contributed by atoms with Crippen molar-refractivity contribution in [3.05, 3.63) is 64.8 Å². The summed E-state index contributed by atoms with van der Waals surface area (Å²) in [7, 11) is 3.27. The van der Waals surface area contributed by atoms with E-state index in [1.165, 1.54) is 5.56 Å². The van der Waals surface area contributed by atoms with Crippen molar-refractivity contribution in [2.75, 3.05) is 31.4 Å². The maximum Gasteiger partial charge on any atom is 0.224 e. The molecular weight excluding hydrogens is 376 g/mol. The van der Waals surface area contributed by atoms with Gasteiger partial charge in [0.1, 0.15) is 17.3 Å². The molecule has 0 radical (unpaired) electrons. The molecule has 0 amide bonds. The molecule has 0 aliphatic rings. The van der Waals surface area contributed by atoms with Crippen LogP contribution in [0.15, 0.2) is 48.7 Å². The smallest absolute Gasteiger partial charge is 0.224 e. The van der Waals surface area contributed by atoms with Crippen LogP contribution in [0.2, 0.25) is 5.02 Å². The molecule has 146 valence electrons. The van der Waals surface area contributed by atoms with E-state index in [-0.39, 0.29) is 0 Å². The molecule has 2 aromatic carbocycles. The molecule has 7 heteroatoms. The monoisotopic (exact) mass is 398 g/mol. The minimum Gasteiger partial charge on any atom is -0.497 e. The van der Waals surface area contributed by atoms with Crippen LogP contribution in [0.1, 0.15) is 11.1 Å². The zero-order valence-electron chi connectivity index (χ0n) is 16.1. The SMILES string of the molecule is COc1ccc(CCNc2nccc(Nc3cc(C)c(Cl)cc3OC)n2)cc1. The first-order valence-electron chi connectivity index (χ1n) is 8.90. The standard InChI is InChI=1S/C21H23ClN4O2/c1-14-12-18(19(28-3)13-17(14)22)25-20-9-11-24-21(26-20)23-10-8-15-4-6-16(27-2)7-5-15/h4-7,9,11-13H,8,10H2,1-3H3,(H2,23,24,25,26). The van der Waals surface area contributed by atoms with Gasteiger partial charge in [0.15, 0.2) is 0 Å². The molecule has 2 N–H and O–H groups in total. The Labute approximate surface area is 169 Å². The number of hydrogen-bond donors (Lipinski definition) is 2. The first-order valence-corrected chi connectivity index (χ1v) is 9.28. The predicted molar refractivity (Wildman–Crippen MR) is 113 cm³/mol. The Kier molecular flexibility index (Phi) is 6.55. The third-order valence-corrected chi connectivity index (χ3v) is 4.66. The molecule has 6 nitrogen and oxygen atoms in total. The Bertz CT molecular complexity index is 932. The zero-order chi connectivity index (χ0) is 19.9. The van der Waals surface area contributed by atoms with Gasteiger partial charge in [0.2, 0.25) is 5.95 Å². The van der Waals surface area contributed by atoms with Gasteiger partial charge in [-0.2, -0.15) is 4.98 Å². The topological polar surface area (TPSA) is 68.3 Å². The lowest BCUT2D eigenvalue weighted by atomic mass is 10.1. The number of methoxy groups -OCH3 is 2. The van der Waals surface area contributed by atoms with E-state index >= 15 is 0 Å². The quantitative estimate of drug-likeness (QED) is 0.565. The van der Waals surface area contributed by atoms with Crippen LogP contribution in [-0.4, -0.2) is 30.7 Å². The second-order valence-electron chi connectivity index (χ2n) is 6.22. The largest absolute Gasteiger partial charge is 0.497 e. The summed E-state index contributed by atoms with van der Waals surface area (Å²) in [6, 6.07) is 13.5. The summed E-state index contributed by atoms with van der Waals surface area (Å²) in [6.45, 7) is 2.66. The Morgan fingerprint density at radius 1 is 1.04 bits per heavy atom. The molecule has 0 unspecified atom stereocenters. The maximum atomic E-state index is 6.17. The van der Waals surface area contributed by atoms with Crippen molar-refractivity contribution in [1.29, 1.82) is 0 Å². The molecule has 0 aliphatic heterocycles. The number of aromatic nitrogens is 2. The van der Waals surface area contributed by atoms with Crippen molar-refractivity contribution >= 4 is 29.1 Å². The average Bonchev–Trinajstić information content (AvgIpc) is 2.71. The Hall–Kier alpha value is -2.99. The number of rotatable bonds is 8. The van der Waals surface area contributed by atoms with Crippen molar-refractivity contribution < 1.29 is 9.47 Å². The van der Waals surface area contributed by atoms with E-state index < -0.39 is 0 Å². The second-order valence-corrected chi connectivity index (χ2v) is 6.62. The molecule has 3 aromatic rings. The molecular formula is C21H23ClN4O2. The van der Waals surface area contributed by atoms with Gasteiger partial charge in [-0.3, -0.25) is 0 Å². The molecule has 0 bridgehead atoms. The molecule has 0 saturated heterocycles. The van der Waals surface area contributed by atoms with Crippen molar-refractivity contribution in [2.45, 2.75) is 13.3 Å². The normalized spacial score (nSPS) is 10.4. The van der Waals surface area contributed by atoms with Gasteiger partial charge in [0, 0.05) is 23.8 Å². The summed E-state index contributed by atoms with van der Waals surface area (Å²) in [5.41, 5.74) is 2.97. The number of nitrogens with zero attached hydrogens (tertiary/aromatic N) is 2. The van der Waals surface area contributed by atoms with Crippen LogP contribution in [0.5, 0.6) is 11.5 Å². The van der Waals surface area contributed by atoms with Crippen molar-refractivity contribution in [3.8, 4) is 11.5 Å². The molecule has 28 heavy (non-hydrogen) atoms. The van der Waals surface area contributed by atoms with Crippen LogP contribution in [0.3, 0.4) is 0 Å². The Morgan fingerprint density at radius 3 is 2.54 bits per heavy atom. The lowest BCUT2D eigenvalue weighted by molar-refractivity contribution is 0.414. The first kappa shape index (κ1) is 19.8. The zero-order valence-corrected chi connectivity index (χ0v) is 16.9. The highest BCUT2D eigenvalue weighted by atomic mass is 35.5. The van der Waals surface area contributed by atoms with E-state index in [1.54, 1.807) is 32.5 Å². The maximum absolute atomic E-state index is 6.17. The highest BCUT2D eigenvalue weighted by Gasteiger charge is 2.08. The van der Waals surface area contributed by atoms with Gasteiger partial charge < -0.3 is 20.1 Å². The summed E-state index contributed by atoms with van der Waals surface area (Å²) in [6.07, 6.45) is 2.56. The van der Waals surface area contributed by atoms with Crippen LogP contribution in [-0.2, 0) is 6.42 Å². The second kappa shape index (κ2) is 9.28. The molecule has 3 rings (SSSR count). The molecule has 0 saturated carbocycles. The van der Waals surface area contributed by atoms with Crippen molar-refractivity contribution in [3.63, 3.8) is 0 Å². The van der Waals surface area contributed by atoms with Crippen LogP contribution in [0.25, 0.3) is 0 Å². The van der Waals surface area contributed by atoms with Crippen molar-refractivity contribution in [2.24, 2.45) is 0 Å². The molecule has 0 atom stereocenters. The number of hydrogen-bond acceptors (Lipinski definition) is 6. The van der Waals surface area contributed by atoms with Crippen LogP contribution < -0.4 is 20.1 Å². The fraction of sp³-hybridized carbons (Fsp3) is 0.238. The number of benzene rings is 2. The lowest BCUT2D eigenvalue weighted by Gasteiger charge is -2.13. The summed E-state index contributed by atoms with van der Waals surface area (Å²) in [5.74, 6) is 2.74. The van der Waals surface area contributed by atoms with Gasteiger partial charge in [-0.15, -0.1) is 0 Å². The number of anilines is 3. The minimum absolute atomic E-state index is 0.558. The van der Waals surface area contributed by atoms with Crippen molar-refractivity contribution in [1.82, 2.24) is 9.97 Å². The van der Waals surface area contributed by atoms with Crippen LogP contribution >= 0.6 is 11.6 Å². The van der Waals surface area contributed by atoms with Gasteiger partial charge >= 0.3 is 0 Å². The minimum atomic E-state index is 0.558. The first-order chi connectivity index (χ1) is 13.6. The third kappa shape index (κ3) is 5.04. The number of nitrogens with one attached hydrogen (secondary N) is 2. The molecule has 0 aliphatic carbocycles. The van der Waals surface area contributed by atoms with Crippen LogP contribution in [0, 0.1) is 6.92 Å². The predicted octanol–water partition coefficient (Wildman–Crippen LogP) is 4.85. The molecule has 1 aromatic heterocycles. The fourth-order valence-corrected chi connectivity index (χ4v) is 2.85. The highest BCUT2D eigenvalue weighted by Crippen LogP contribution is 2.32. The van der Waals surface area contributed by atoms with Gasteiger partial charge in [-0.1, -0.05) is 23.7 Å². The van der Waals surface area contributed by atoms with Gasteiger partial charge in [-0.05, 0) is 48.7 Å².